The Balaban J connectivity index is 0.00000364. The molecule has 8 heteroatoms. The highest BCUT2D eigenvalue weighted by Gasteiger charge is 2.20. The molecule has 27 heavy (non-hydrogen) atoms. The second kappa shape index (κ2) is 10.5. The average Bonchev–Trinajstić information content (AvgIpc) is 2.55. The number of hydrogen-bond acceptors (Lipinski definition) is 3. The van der Waals surface area contributed by atoms with E-state index < -0.39 is 23.6 Å². The second-order valence-corrected chi connectivity index (χ2v) is 5.96. The normalized spacial score (nSPS) is 11.2. The molecule has 0 saturated heterocycles. The maximum Gasteiger partial charge on any atom is 0.222 e. The number of rotatable bonds is 7. The molecule has 2 rings (SSSR count). The maximum atomic E-state index is 14.0. The summed E-state index contributed by atoms with van der Waals surface area (Å²) >= 11 is 0. The minimum absolute atomic E-state index is 0. The Hall–Kier alpha value is -2.67. The van der Waals surface area contributed by atoms with Gasteiger partial charge in [-0.3, -0.25) is 9.59 Å². The number of amides is 2. The van der Waals surface area contributed by atoms with Crippen molar-refractivity contribution < 1.29 is 18.4 Å². The van der Waals surface area contributed by atoms with Crippen molar-refractivity contribution in [1.82, 2.24) is 10.6 Å². The monoisotopic (exact) mass is 397 g/mol. The lowest BCUT2D eigenvalue weighted by molar-refractivity contribution is -0.122. The Morgan fingerprint density at radius 2 is 1.78 bits per heavy atom. The van der Waals surface area contributed by atoms with Crippen LogP contribution < -0.4 is 16.4 Å². The van der Waals surface area contributed by atoms with E-state index in [9.17, 15) is 18.4 Å². The largest absolute Gasteiger partial charge is 0.399 e. The summed E-state index contributed by atoms with van der Waals surface area (Å²) in [6.07, 6.45) is 0.464. The second-order valence-electron chi connectivity index (χ2n) is 5.96. The van der Waals surface area contributed by atoms with Gasteiger partial charge in [0.2, 0.25) is 11.8 Å². The van der Waals surface area contributed by atoms with Crippen LogP contribution in [0.15, 0.2) is 42.5 Å². The third kappa shape index (κ3) is 7.22. The molecule has 0 heterocycles. The van der Waals surface area contributed by atoms with Gasteiger partial charge in [0.05, 0.1) is 12.5 Å². The lowest BCUT2D eigenvalue weighted by atomic mass is 10.0. The zero-order valence-electron chi connectivity index (χ0n) is 14.8. The van der Waals surface area contributed by atoms with E-state index in [0.29, 0.717) is 18.7 Å². The number of hydrogen-bond donors (Lipinski definition) is 3. The number of benzene rings is 2. The molecule has 2 aromatic carbocycles. The van der Waals surface area contributed by atoms with Crippen molar-refractivity contribution in [2.45, 2.75) is 25.8 Å². The summed E-state index contributed by atoms with van der Waals surface area (Å²) in [6, 6.07) is 9.47. The fraction of sp³-hybridized carbons (Fsp3) is 0.263. The van der Waals surface area contributed by atoms with Gasteiger partial charge in [-0.1, -0.05) is 18.2 Å². The molecule has 2 amide bonds. The molecule has 0 saturated carbocycles. The van der Waals surface area contributed by atoms with Gasteiger partial charge in [0.25, 0.3) is 0 Å². The fourth-order valence-corrected chi connectivity index (χ4v) is 2.56. The summed E-state index contributed by atoms with van der Waals surface area (Å²) in [6.45, 7) is 1.66. The standard InChI is InChI=1S/C19H21F2N3O2.ClH/c1-12(25)24-18(16-7-4-14(20)10-17(16)21)11-19(26)23-9-8-13-2-5-15(22)6-3-13;/h2-7,10,18H,8-9,11,22H2,1H3,(H,23,26)(H,24,25);1H. The number of nitrogens with one attached hydrogen (secondary N) is 2. The first kappa shape index (κ1) is 22.4. The molecule has 2 aromatic rings. The summed E-state index contributed by atoms with van der Waals surface area (Å²) in [5, 5.41) is 5.26. The number of carbonyl (C=O) groups excluding carboxylic acids is 2. The fourth-order valence-electron chi connectivity index (χ4n) is 2.56. The smallest absolute Gasteiger partial charge is 0.222 e. The van der Waals surface area contributed by atoms with E-state index >= 15 is 0 Å². The molecule has 0 aliphatic rings. The predicted molar refractivity (Wildman–Crippen MR) is 102 cm³/mol. The molecular formula is C19H22ClF2N3O2. The SMILES string of the molecule is CC(=O)NC(CC(=O)NCCc1ccc(N)cc1)c1ccc(F)cc1F.Cl. The highest BCUT2D eigenvalue weighted by Crippen LogP contribution is 2.21. The molecule has 1 unspecified atom stereocenters. The van der Waals surface area contributed by atoms with Crippen LogP contribution in [0.2, 0.25) is 0 Å². The van der Waals surface area contributed by atoms with Crippen LogP contribution in [0.5, 0.6) is 0 Å². The molecule has 0 fully saturated rings. The highest BCUT2D eigenvalue weighted by molar-refractivity contribution is 5.85. The van der Waals surface area contributed by atoms with Crippen molar-refractivity contribution >= 4 is 29.9 Å². The summed E-state index contributed by atoms with van der Waals surface area (Å²) in [5.41, 5.74) is 7.36. The number of nitrogen functional groups attached to an aromatic ring is 1. The molecule has 1 atom stereocenters. The van der Waals surface area contributed by atoms with Crippen LogP contribution >= 0.6 is 12.4 Å². The van der Waals surface area contributed by atoms with E-state index in [2.05, 4.69) is 10.6 Å². The van der Waals surface area contributed by atoms with Crippen molar-refractivity contribution in [3.63, 3.8) is 0 Å². The molecule has 0 aliphatic carbocycles. The minimum atomic E-state index is -0.871. The maximum absolute atomic E-state index is 14.0. The lowest BCUT2D eigenvalue weighted by Crippen LogP contribution is -2.33. The molecule has 0 bridgehead atoms. The van der Waals surface area contributed by atoms with E-state index in [1.165, 1.54) is 13.0 Å². The first-order chi connectivity index (χ1) is 12.3. The van der Waals surface area contributed by atoms with E-state index in [-0.39, 0.29) is 30.3 Å². The molecule has 0 aromatic heterocycles. The highest BCUT2D eigenvalue weighted by atomic mass is 35.5. The van der Waals surface area contributed by atoms with E-state index in [0.717, 1.165) is 17.7 Å². The van der Waals surface area contributed by atoms with E-state index in [1.54, 1.807) is 12.1 Å². The molecule has 4 N–H and O–H groups in total. The van der Waals surface area contributed by atoms with Crippen LogP contribution in [0.3, 0.4) is 0 Å². The number of anilines is 1. The van der Waals surface area contributed by atoms with Gasteiger partial charge in [-0.05, 0) is 30.2 Å². The first-order valence-corrected chi connectivity index (χ1v) is 8.18. The van der Waals surface area contributed by atoms with Gasteiger partial charge < -0.3 is 16.4 Å². The molecule has 146 valence electrons. The van der Waals surface area contributed by atoms with Gasteiger partial charge >= 0.3 is 0 Å². The average molecular weight is 398 g/mol. The quantitative estimate of drug-likeness (QED) is 0.628. The van der Waals surface area contributed by atoms with Crippen molar-refractivity contribution in [2.75, 3.05) is 12.3 Å². The molecular weight excluding hydrogens is 376 g/mol. The Kier molecular flexibility index (Phi) is 8.68. The van der Waals surface area contributed by atoms with Crippen molar-refractivity contribution in [1.29, 1.82) is 0 Å². The summed E-state index contributed by atoms with van der Waals surface area (Å²) in [5.74, 6) is -2.28. The Morgan fingerprint density at radius 1 is 1.11 bits per heavy atom. The molecule has 0 spiro atoms. The van der Waals surface area contributed by atoms with Crippen LogP contribution in [0.4, 0.5) is 14.5 Å². The van der Waals surface area contributed by atoms with Gasteiger partial charge in [0.1, 0.15) is 11.6 Å². The number of carbonyl (C=O) groups is 2. The minimum Gasteiger partial charge on any atom is -0.399 e. The van der Waals surface area contributed by atoms with Gasteiger partial charge in [-0.2, -0.15) is 0 Å². The van der Waals surface area contributed by atoms with Gasteiger partial charge in [-0.25, -0.2) is 8.78 Å². The topological polar surface area (TPSA) is 84.2 Å². The van der Waals surface area contributed by atoms with Crippen LogP contribution in [0.25, 0.3) is 0 Å². The van der Waals surface area contributed by atoms with Gasteiger partial charge in [-0.15, -0.1) is 12.4 Å². The van der Waals surface area contributed by atoms with Gasteiger partial charge in [0.15, 0.2) is 0 Å². The van der Waals surface area contributed by atoms with E-state index in [1.807, 2.05) is 12.1 Å². The number of nitrogens with two attached hydrogens (primary N) is 1. The summed E-state index contributed by atoms with van der Waals surface area (Å²) in [7, 11) is 0. The molecule has 5 nitrogen and oxygen atoms in total. The third-order valence-electron chi connectivity index (χ3n) is 3.82. The number of halogens is 3. The molecule has 0 radical (unpaired) electrons. The van der Waals surface area contributed by atoms with Crippen molar-refractivity contribution in [2.24, 2.45) is 0 Å². The van der Waals surface area contributed by atoms with Crippen molar-refractivity contribution in [3.8, 4) is 0 Å². The Morgan fingerprint density at radius 3 is 2.37 bits per heavy atom. The zero-order chi connectivity index (χ0) is 19.1. The van der Waals surface area contributed by atoms with Crippen LogP contribution in [-0.2, 0) is 16.0 Å². The summed E-state index contributed by atoms with van der Waals surface area (Å²) in [4.78, 5) is 23.5. The van der Waals surface area contributed by atoms with E-state index in [4.69, 9.17) is 5.73 Å². The summed E-state index contributed by atoms with van der Waals surface area (Å²) < 4.78 is 27.0. The predicted octanol–water partition coefficient (Wildman–Crippen LogP) is 2.90. The molecule has 0 aliphatic heterocycles. The van der Waals surface area contributed by atoms with Crippen LogP contribution in [-0.4, -0.2) is 18.4 Å². The first-order valence-electron chi connectivity index (χ1n) is 8.18. The Labute approximate surface area is 162 Å². The van der Waals surface area contributed by atoms with Crippen molar-refractivity contribution in [3.05, 3.63) is 65.2 Å². The Bertz CT molecular complexity index is 785. The van der Waals surface area contributed by atoms with Crippen LogP contribution in [0, 0.1) is 11.6 Å². The zero-order valence-corrected chi connectivity index (χ0v) is 15.6. The third-order valence-corrected chi connectivity index (χ3v) is 3.82. The lowest BCUT2D eigenvalue weighted by Gasteiger charge is -2.19. The van der Waals surface area contributed by atoms with Gasteiger partial charge in [0, 0.05) is 30.8 Å². The van der Waals surface area contributed by atoms with Crippen LogP contribution in [0.1, 0.15) is 30.5 Å².